The van der Waals surface area contributed by atoms with Gasteiger partial charge in [-0.3, -0.25) is 15.6 Å². The number of anilines is 1. The number of ether oxygens (including phenoxy) is 1. The molecule has 3 aromatic rings. The van der Waals surface area contributed by atoms with Gasteiger partial charge in [-0.2, -0.15) is 0 Å². The Hall–Kier alpha value is -3.19. The van der Waals surface area contributed by atoms with E-state index in [1.54, 1.807) is 12.1 Å². The van der Waals surface area contributed by atoms with E-state index in [0.717, 1.165) is 10.8 Å². The normalized spacial score (nSPS) is 10.2. The first-order valence-electron chi connectivity index (χ1n) is 7.76. The second-order valence-corrected chi connectivity index (χ2v) is 5.85. The summed E-state index contributed by atoms with van der Waals surface area (Å²) < 4.78 is 18.2. The van der Waals surface area contributed by atoms with Gasteiger partial charge in [0.15, 0.2) is 5.11 Å². The molecule has 26 heavy (non-hydrogen) atoms. The Morgan fingerprint density at radius 1 is 1.00 bits per heavy atom. The topological polar surface area (TPSA) is 62.4 Å². The predicted octanol–water partition coefficient (Wildman–Crippen LogP) is 3.62. The number of methoxy groups -OCH3 is 1. The molecule has 0 saturated carbocycles. The molecular formula is C19H16FN3O2S. The summed E-state index contributed by atoms with van der Waals surface area (Å²) in [6.45, 7) is 0. The van der Waals surface area contributed by atoms with Crippen LogP contribution in [0.1, 0.15) is 10.4 Å². The fourth-order valence-corrected chi connectivity index (χ4v) is 2.61. The van der Waals surface area contributed by atoms with Crippen LogP contribution < -0.4 is 20.9 Å². The van der Waals surface area contributed by atoms with E-state index in [0.29, 0.717) is 17.0 Å². The molecule has 0 fully saturated rings. The van der Waals surface area contributed by atoms with Gasteiger partial charge in [0, 0.05) is 5.69 Å². The molecule has 0 atom stereocenters. The van der Waals surface area contributed by atoms with Gasteiger partial charge in [0.25, 0.3) is 5.91 Å². The summed E-state index contributed by atoms with van der Waals surface area (Å²) in [4.78, 5) is 12.5. The van der Waals surface area contributed by atoms with E-state index in [1.807, 2.05) is 24.3 Å². The molecule has 0 spiro atoms. The van der Waals surface area contributed by atoms with Crippen molar-refractivity contribution < 1.29 is 13.9 Å². The summed E-state index contributed by atoms with van der Waals surface area (Å²) in [6, 6.07) is 16.9. The number of thiocarbonyl (C=S) groups is 1. The molecule has 0 aromatic heterocycles. The summed E-state index contributed by atoms with van der Waals surface area (Å²) in [7, 11) is 1.51. The quantitative estimate of drug-likeness (QED) is 0.486. The SMILES string of the molecule is COc1cc2ccccc2cc1C(=O)NNC(=S)Nc1ccc(F)cc1. The number of hydrogen-bond donors (Lipinski definition) is 3. The van der Waals surface area contributed by atoms with E-state index in [2.05, 4.69) is 16.2 Å². The van der Waals surface area contributed by atoms with Crippen molar-refractivity contribution in [2.45, 2.75) is 0 Å². The zero-order valence-corrected chi connectivity index (χ0v) is 14.7. The lowest BCUT2D eigenvalue weighted by atomic mass is 10.1. The van der Waals surface area contributed by atoms with E-state index < -0.39 is 5.91 Å². The van der Waals surface area contributed by atoms with Crippen LogP contribution >= 0.6 is 12.2 Å². The maximum absolute atomic E-state index is 12.9. The first kappa shape index (κ1) is 17.6. The summed E-state index contributed by atoms with van der Waals surface area (Å²) in [5, 5.41) is 4.91. The summed E-state index contributed by atoms with van der Waals surface area (Å²) in [5.74, 6) is -0.276. The number of hydrazine groups is 1. The molecular weight excluding hydrogens is 353 g/mol. The van der Waals surface area contributed by atoms with Crippen molar-refractivity contribution in [1.29, 1.82) is 0 Å². The molecule has 3 aromatic carbocycles. The Bertz CT molecular complexity index is 961. The van der Waals surface area contributed by atoms with Gasteiger partial charge in [-0.25, -0.2) is 4.39 Å². The number of carbonyl (C=O) groups excluding carboxylic acids is 1. The molecule has 7 heteroatoms. The molecule has 0 bridgehead atoms. The van der Waals surface area contributed by atoms with Crippen molar-refractivity contribution in [3.63, 3.8) is 0 Å². The van der Waals surface area contributed by atoms with Crippen LogP contribution in [0.5, 0.6) is 5.75 Å². The van der Waals surface area contributed by atoms with Crippen LogP contribution in [-0.4, -0.2) is 18.1 Å². The van der Waals surface area contributed by atoms with E-state index in [1.165, 1.54) is 31.4 Å². The van der Waals surface area contributed by atoms with Crippen molar-refractivity contribution in [3.8, 4) is 5.75 Å². The Labute approximate surface area is 155 Å². The average Bonchev–Trinajstić information content (AvgIpc) is 2.66. The first-order chi connectivity index (χ1) is 12.6. The van der Waals surface area contributed by atoms with Gasteiger partial charge >= 0.3 is 0 Å². The largest absolute Gasteiger partial charge is 0.496 e. The molecule has 0 aliphatic heterocycles. The highest BCUT2D eigenvalue weighted by Crippen LogP contribution is 2.25. The third-order valence-electron chi connectivity index (χ3n) is 3.70. The summed E-state index contributed by atoms with van der Waals surface area (Å²) >= 11 is 5.11. The number of fused-ring (bicyclic) bond motifs is 1. The molecule has 3 N–H and O–H groups in total. The maximum Gasteiger partial charge on any atom is 0.273 e. The number of halogens is 1. The van der Waals surface area contributed by atoms with Crippen molar-refractivity contribution in [3.05, 3.63) is 72.0 Å². The molecule has 0 saturated heterocycles. The Balaban J connectivity index is 1.68. The second-order valence-electron chi connectivity index (χ2n) is 5.44. The monoisotopic (exact) mass is 369 g/mol. The first-order valence-corrected chi connectivity index (χ1v) is 8.17. The highest BCUT2D eigenvalue weighted by molar-refractivity contribution is 7.80. The molecule has 0 aliphatic carbocycles. The Morgan fingerprint density at radius 3 is 2.31 bits per heavy atom. The lowest BCUT2D eigenvalue weighted by Gasteiger charge is -2.14. The number of rotatable bonds is 3. The van der Waals surface area contributed by atoms with E-state index in [9.17, 15) is 9.18 Å². The molecule has 1 amide bonds. The minimum atomic E-state index is -0.393. The Morgan fingerprint density at radius 2 is 1.65 bits per heavy atom. The molecule has 3 rings (SSSR count). The standard InChI is InChI=1S/C19H16FN3O2S/c1-25-17-11-13-5-3-2-4-12(13)10-16(17)18(24)22-23-19(26)21-15-8-6-14(20)7-9-15/h2-11H,1H3,(H,22,24)(H2,21,23,26). The lowest BCUT2D eigenvalue weighted by Crippen LogP contribution is -2.43. The lowest BCUT2D eigenvalue weighted by molar-refractivity contribution is 0.0941. The summed E-state index contributed by atoms with van der Waals surface area (Å²) in [5.41, 5.74) is 6.11. The van der Waals surface area contributed by atoms with Crippen molar-refractivity contribution in [2.24, 2.45) is 0 Å². The number of amides is 1. The van der Waals surface area contributed by atoms with Gasteiger partial charge in [0.1, 0.15) is 11.6 Å². The highest BCUT2D eigenvalue weighted by Gasteiger charge is 2.14. The molecule has 5 nitrogen and oxygen atoms in total. The Kier molecular flexibility index (Phi) is 5.28. The third kappa shape index (κ3) is 4.07. The van der Waals surface area contributed by atoms with Crippen molar-refractivity contribution in [1.82, 2.24) is 10.9 Å². The van der Waals surface area contributed by atoms with Crippen molar-refractivity contribution >= 4 is 39.7 Å². The van der Waals surface area contributed by atoms with Gasteiger partial charge < -0.3 is 10.1 Å². The number of carbonyl (C=O) groups is 1. The van der Waals surface area contributed by atoms with Crippen LogP contribution in [0.25, 0.3) is 10.8 Å². The second kappa shape index (κ2) is 7.79. The number of benzene rings is 3. The predicted molar refractivity (Wildman–Crippen MR) is 104 cm³/mol. The van der Waals surface area contributed by atoms with Crippen LogP contribution in [0.3, 0.4) is 0 Å². The third-order valence-corrected chi connectivity index (χ3v) is 3.91. The molecule has 0 unspecified atom stereocenters. The minimum Gasteiger partial charge on any atom is -0.496 e. The van der Waals surface area contributed by atoms with E-state index in [4.69, 9.17) is 17.0 Å². The van der Waals surface area contributed by atoms with Gasteiger partial charge in [-0.1, -0.05) is 24.3 Å². The smallest absolute Gasteiger partial charge is 0.273 e. The summed E-state index contributed by atoms with van der Waals surface area (Å²) in [6.07, 6.45) is 0. The fraction of sp³-hybridized carbons (Fsp3) is 0.0526. The van der Waals surface area contributed by atoms with Gasteiger partial charge in [-0.05, 0) is 59.4 Å². The van der Waals surface area contributed by atoms with Crippen LogP contribution in [0.4, 0.5) is 10.1 Å². The molecule has 0 heterocycles. The highest BCUT2D eigenvalue weighted by atomic mass is 32.1. The molecule has 0 aliphatic rings. The van der Waals surface area contributed by atoms with Crippen LogP contribution in [0.15, 0.2) is 60.7 Å². The van der Waals surface area contributed by atoms with Crippen LogP contribution in [0, 0.1) is 5.82 Å². The minimum absolute atomic E-state index is 0.171. The zero-order chi connectivity index (χ0) is 18.5. The van der Waals surface area contributed by atoms with Gasteiger partial charge in [0.2, 0.25) is 0 Å². The number of nitrogens with one attached hydrogen (secondary N) is 3. The maximum atomic E-state index is 12.9. The number of hydrogen-bond acceptors (Lipinski definition) is 3. The molecule has 132 valence electrons. The van der Waals surface area contributed by atoms with E-state index >= 15 is 0 Å². The zero-order valence-electron chi connectivity index (χ0n) is 13.9. The average molecular weight is 369 g/mol. The van der Waals surface area contributed by atoms with E-state index in [-0.39, 0.29) is 10.9 Å². The van der Waals surface area contributed by atoms with Crippen LogP contribution in [-0.2, 0) is 0 Å². The van der Waals surface area contributed by atoms with Gasteiger partial charge in [0.05, 0.1) is 12.7 Å². The van der Waals surface area contributed by atoms with Crippen molar-refractivity contribution in [2.75, 3.05) is 12.4 Å². The fourth-order valence-electron chi connectivity index (χ4n) is 2.44. The van der Waals surface area contributed by atoms with Crippen LogP contribution in [0.2, 0.25) is 0 Å². The van der Waals surface area contributed by atoms with Gasteiger partial charge in [-0.15, -0.1) is 0 Å². The molecule has 0 radical (unpaired) electrons.